The second-order valence-corrected chi connectivity index (χ2v) is 7.94. The summed E-state index contributed by atoms with van der Waals surface area (Å²) in [5.41, 5.74) is 0.496. The SMILES string of the molecule is Fc1cc(C(F)(F)F)ccc1CCC1NCCn2c(C3CC3)nc(I)c21. The summed E-state index contributed by atoms with van der Waals surface area (Å²) >= 11 is 2.24. The molecule has 4 rings (SSSR count). The molecule has 2 aromatic rings. The predicted octanol–water partition coefficient (Wildman–Crippen LogP) is 4.80. The van der Waals surface area contributed by atoms with Crippen molar-refractivity contribution in [2.45, 2.75) is 50.4 Å². The van der Waals surface area contributed by atoms with E-state index in [-0.39, 0.29) is 6.04 Å². The Kier molecular flexibility index (Phi) is 4.75. The molecule has 0 saturated heterocycles. The first-order chi connectivity index (χ1) is 12.3. The zero-order valence-corrected chi connectivity index (χ0v) is 16.1. The maximum absolute atomic E-state index is 14.1. The molecule has 1 saturated carbocycles. The molecule has 0 radical (unpaired) electrons. The van der Waals surface area contributed by atoms with E-state index >= 15 is 0 Å². The van der Waals surface area contributed by atoms with Crippen molar-refractivity contribution < 1.29 is 17.6 Å². The van der Waals surface area contributed by atoms with Gasteiger partial charge in [0.15, 0.2) is 0 Å². The summed E-state index contributed by atoms with van der Waals surface area (Å²) in [6.07, 6.45) is -1.16. The van der Waals surface area contributed by atoms with Crippen LogP contribution in [-0.4, -0.2) is 16.1 Å². The Balaban J connectivity index is 1.51. The molecule has 0 bridgehead atoms. The molecular weight excluding hydrogens is 461 g/mol. The van der Waals surface area contributed by atoms with Crippen LogP contribution < -0.4 is 5.32 Å². The second kappa shape index (κ2) is 6.78. The lowest BCUT2D eigenvalue weighted by atomic mass is 10.0. The normalized spacial score (nSPS) is 20.3. The van der Waals surface area contributed by atoms with Crippen LogP contribution in [0.2, 0.25) is 0 Å². The molecule has 1 aromatic heterocycles. The van der Waals surface area contributed by atoms with Gasteiger partial charge in [0, 0.05) is 19.0 Å². The molecule has 1 fully saturated rings. The molecule has 2 heterocycles. The summed E-state index contributed by atoms with van der Waals surface area (Å²) in [6, 6.07) is 2.82. The first kappa shape index (κ1) is 18.2. The second-order valence-electron chi connectivity index (χ2n) is 6.92. The third kappa shape index (κ3) is 3.49. The van der Waals surface area contributed by atoms with Crippen LogP contribution >= 0.6 is 22.6 Å². The lowest BCUT2D eigenvalue weighted by molar-refractivity contribution is -0.137. The fourth-order valence-corrected chi connectivity index (χ4v) is 4.50. The number of aryl methyl sites for hydroxylation is 1. The Bertz CT molecular complexity index is 827. The maximum atomic E-state index is 14.1. The Morgan fingerprint density at radius 1 is 1.27 bits per heavy atom. The molecule has 1 N–H and O–H groups in total. The van der Waals surface area contributed by atoms with E-state index in [0.29, 0.717) is 30.4 Å². The highest BCUT2D eigenvalue weighted by Gasteiger charge is 2.34. The topological polar surface area (TPSA) is 29.9 Å². The van der Waals surface area contributed by atoms with Crippen molar-refractivity contribution in [3.8, 4) is 0 Å². The Labute approximate surface area is 162 Å². The molecule has 0 amide bonds. The standard InChI is InChI=1S/C18H18F4IN3/c19-13-9-12(18(20,21)22)5-3-10(13)4-6-14-15-16(23)25-17(11-1-2-11)26(15)8-7-24-14/h3,5,9,11,14,24H,1-2,4,6-8H2. The highest BCUT2D eigenvalue weighted by atomic mass is 127. The Hall–Kier alpha value is -1.16. The van der Waals surface area contributed by atoms with Gasteiger partial charge in [-0.05, 0) is 66.0 Å². The van der Waals surface area contributed by atoms with Crippen molar-refractivity contribution in [2.24, 2.45) is 0 Å². The van der Waals surface area contributed by atoms with E-state index in [1.54, 1.807) is 0 Å². The van der Waals surface area contributed by atoms with Crippen molar-refractivity contribution in [3.05, 3.63) is 50.4 Å². The smallest absolute Gasteiger partial charge is 0.328 e. The van der Waals surface area contributed by atoms with Gasteiger partial charge in [-0.2, -0.15) is 13.2 Å². The van der Waals surface area contributed by atoms with E-state index in [1.807, 2.05) is 0 Å². The third-order valence-corrected chi connectivity index (χ3v) is 5.87. The summed E-state index contributed by atoms with van der Waals surface area (Å²) < 4.78 is 55.4. The largest absolute Gasteiger partial charge is 0.416 e. The Morgan fingerprint density at radius 3 is 2.69 bits per heavy atom. The number of alkyl halides is 3. The maximum Gasteiger partial charge on any atom is 0.416 e. The molecule has 0 spiro atoms. The quantitative estimate of drug-likeness (QED) is 0.505. The van der Waals surface area contributed by atoms with Gasteiger partial charge < -0.3 is 9.88 Å². The van der Waals surface area contributed by atoms with Crippen LogP contribution in [-0.2, 0) is 19.1 Å². The fourth-order valence-electron chi connectivity index (χ4n) is 3.59. The zero-order chi connectivity index (χ0) is 18.5. The molecule has 8 heteroatoms. The van der Waals surface area contributed by atoms with E-state index in [4.69, 9.17) is 4.98 Å². The highest BCUT2D eigenvalue weighted by molar-refractivity contribution is 14.1. The molecule has 1 aromatic carbocycles. The van der Waals surface area contributed by atoms with Crippen molar-refractivity contribution in [2.75, 3.05) is 6.54 Å². The summed E-state index contributed by atoms with van der Waals surface area (Å²) in [5.74, 6) is 0.914. The summed E-state index contributed by atoms with van der Waals surface area (Å²) in [6.45, 7) is 1.70. The highest BCUT2D eigenvalue weighted by Crippen LogP contribution is 2.42. The predicted molar refractivity (Wildman–Crippen MR) is 97.4 cm³/mol. The third-order valence-electron chi connectivity index (χ3n) is 5.07. The van der Waals surface area contributed by atoms with E-state index in [0.717, 1.165) is 34.4 Å². The van der Waals surface area contributed by atoms with E-state index in [1.165, 1.54) is 18.9 Å². The molecule has 1 aliphatic carbocycles. The summed E-state index contributed by atoms with van der Waals surface area (Å²) in [4.78, 5) is 4.73. The van der Waals surface area contributed by atoms with Gasteiger partial charge in [-0.25, -0.2) is 9.37 Å². The van der Waals surface area contributed by atoms with Crippen LogP contribution in [0.4, 0.5) is 17.6 Å². The zero-order valence-electron chi connectivity index (χ0n) is 13.9. The van der Waals surface area contributed by atoms with Crippen LogP contribution in [0.1, 0.15) is 53.9 Å². The lowest BCUT2D eigenvalue weighted by Crippen LogP contribution is -2.34. The van der Waals surface area contributed by atoms with Gasteiger partial charge in [0.2, 0.25) is 0 Å². The number of hydrogen-bond acceptors (Lipinski definition) is 2. The van der Waals surface area contributed by atoms with E-state index in [9.17, 15) is 17.6 Å². The number of halogens is 5. The number of imidazole rings is 1. The van der Waals surface area contributed by atoms with Crippen molar-refractivity contribution in [1.29, 1.82) is 0 Å². The molecule has 140 valence electrons. The molecule has 1 unspecified atom stereocenters. The molecule has 26 heavy (non-hydrogen) atoms. The molecule has 1 atom stereocenters. The fraction of sp³-hybridized carbons (Fsp3) is 0.500. The van der Waals surface area contributed by atoms with Crippen LogP contribution in [0.3, 0.4) is 0 Å². The van der Waals surface area contributed by atoms with E-state index < -0.39 is 17.6 Å². The van der Waals surface area contributed by atoms with Gasteiger partial charge in [-0.1, -0.05) is 6.07 Å². The number of nitrogens with one attached hydrogen (secondary N) is 1. The minimum Gasteiger partial charge on any atom is -0.328 e. The Morgan fingerprint density at radius 2 is 2.04 bits per heavy atom. The average molecular weight is 479 g/mol. The van der Waals surface area contributed by atoms with Gasteiger partial charge in [-0.3, -0.25) is 0 Å². The number of rotatable bonds is 4. The number of hydrogen-bond donors (Lipinski definition) is 1. The van der Waals surface area contributed by atoms with Crippen LogP contribution in [0.5, 0.6) is 0 Å². The van der Waals surface area contributed by atoms with Crippen LogP contribution in [0.25, 0.3) is 0 Å². The average Bonchev–Trinajstić information content (AvgIpc) is 3.37. The lowest BCUT2D eigenvalue weighted by Gasteiger charge is -2.27. The van der Waals surface area contributed by atoms with Gasteiger partial charge >= 0.3 is 6.18 Å². The van der Waals surface area contributed by atoms with Crippen molar-refractivity contribution in [3.63, 3.8) is 0 Å². The van der Waals surface area contributed by atoms with Crippen LogP contribution in [0, 0.1) is 9.52 Å². The first-order valence-corrected chi connectivity index (χ1v) is 9.77. The number of nitrogens with zero attached hydrogens (tertiary/aromatic N) is 2. The first-order valence-electron chi connectivity index (χ1n) is 8.69. The van der Waals surface area contributed by atoms with Crippen molar-refractivity contribution in [1.82, 2.24) is 14.9 Å². The van der Waals surface area contributed by atoms with E-state index in [2.05, 4.69) is 32.5 Å². The van der Waals surface area contributed by atoms with Crippen molar-refractivity contribution >= 4 is 22.6 Å². The summed E-state index contributed by atoms with van der Waals surface area (Å²) in [7, 11) is 0. The minimum atomic E-state index is -4.52. The summed E-state index contributed by atoms with van der Waals surface area (Å²) in [5, 5.41) is 3.45. The van der Waals surface area contributed by atoms with Gasteiger partial charge in [0.25, 0.3) is 0 Å². The molecular formula is C18H18F4IN3. The number of aromatic nitrogens is 2. The minimum absolute atomic E-state index is 0.0392. The molecule has 2 aliphatic rings. The van der Waals surface area contributed by atoms with Gasteiger partial charge in [0.05, 0.1) is 17.3 Å². The van der Waals surface area contributed by atoms with Crippen LogP contribution in [0.15, 0.2) is 18.2 Å². The number of fused-ring (bicyclic) bond motifs is 1. The van der Waals surface area contributed by atoms with Gasteiger partial charge in [0.1, 0.15) is 15.3 Å². The van der Waals surface area contributed by atoms with Gasteiger partial charge in [-0.15, -0.1) is 0 Å². The number of benzene rings is 1. The monoisotopic (exact) mass is 479 g/mol. The molecule has 1 aliphatic heterocycles. The molecule has 3 nitrogen and oxygen atoms in total.